The third-order valence-corrected chi connectivity index (χ3v) is 4.72. The van der Waals surface area contributed by atoms with Gasteiger partial charge in [0.15, 0.2) is 0 Å². The van der Waals surface area contributed by atoms with Crippen molar-refractivity contribution in [2.75, 3.05) is 17.8 Å². The number of hydrogen-bond donors (Lipinski definition) is 0. The fraction of sp³-hybridized carbons (Fsp3) is 0.444. The van der Waals surface area contributed by atoms with E-state index in [9.17, 15) is 8.42 Å². The zero-order valence-corrected chi connectivity index (χ0v) is 11.7. The second kappa shape index (κ2) is 5.32. The SMILES string of the molecule is Cc1cnc(SCCS(C)(=O)=O)c(Br)c1. The molecule has 0 aliphatic carbocycles. The molecule has 3 nitrogen and oxygen atoms in total. The Morgan fingerprint density at radius 1 is 1.53 bits per heavy atom. The zero-order chi connectivity index (χ0) is 11.5. The van der Waals surface area contributed by atoms with Crippen LogP contribution in [0.3, 0.4) is 0 Å². The molecule has 1 aromatic rings. The van der Waals surface area contributed by atoms with Crippen molar-refractivity contribution in [1.29, 1.82) is 0 Å². The van der Waals surface area contributed by atoms with Crippen molar-refractivity contribution < 1.29 is 8.42 Å². The van der Waals surface area contributed by atoms with Gasteiger partial charge in [0.2, 0.25) is 0 Å². The first-order valence-corrected chi connectivity index (χ1v) is 8.15. The fourth-order valence-electron chi connectivity index (χ4n) is 0.917. The second-order valence-electron chi connectivity index (χ2n) is 3.28. The van der Waals surface area contributed by atoms with E-state index in [1.807, 2.05) is 13.0 Å². The molecule has 1 heterocycles. The monoisotopic (exact) mass is 309 g/mol. The number of rotatable bonds is 4. The van der Waals surface area contributed by atoms with Gasteiger partial charge in [-0.2, -0.15) is 0 Å². The Bertz CT molecular complexity index is 445. The van der Waals surface area contributed by atoms with Crippen molar-refractivity contribution in [3.05, 3.63) is 22.3 Å². The molecule has 84 valence electrons. The topological polar surface area (TPSA) is 47.0 Å². The van der Waals surface area contributed by atoms with Gasteiger partial charge >= 0.3 is 0 Å². The largest absolute Gasteiger partial charge is 0.248 e. The van der Waals surface area contributed by atoms with Crippen molar-refractivity contribution in [2.24, 2.45) is 0 Å². The molecule has 1 rings (SSSR count). The summed E-state index contributed by atoms with van der Waals surface area (Å²) >= 11 is 4.84. The van der Waals surface area contributed by atoms with E-state index in [0.29, 0.717) is 5.75 Å². The number of thioether (sulfide) groups is 1. The lowest BCUT2D eigenvalue weighted by molar-refractivity contribution is 0.603. The van der Waals surface area contributed by atoms with Crippen molar-refractivity contribution in [1.82, 2.24) is 4.98 Å². The number of hydrogen-bond acceptors (Lipinski definition) is 4. The van der Waals surface area contributed by atoms with Crippen LogP contribution < -0.4 is 0 Å². The highest BCUT2D eigenvalue weighted by Gasteiger charge is 2.06. The molecule has 0 bridgehead atoms. The molecule has 0 saturated carbocycles. The molecule has 0 saturated heterocycles. The molecule has 6 heteroatoms. The molecule has 0 amide bonds. The molecule has 0 aliphatic heterocycles. The van der Waals surface area contributed by atoms with E-state index in [-0.39, 0.29) is 5.75 Å². The van der Waals surface area contributed by atoms with Crippen molar-refractivity contribution >= 4 is 37.5 Å². The number of aromatic nitrogens is 1. The Balaban J connectivity index is 2.59. The lowest BCUT2D eigenvalue weighted by Gasteiger charge is -2.03. The van der Waals surface area contributed by atoms with Gasteiger partial charge in [0.1, 0.15) is 14.9 Å². The maximum Gasteiger partial charge on any atom is 0.148 e. The molecule has 0 atom stereocenters. The summed E-state index contributed by atoms with van der Waals surface area (Å²) in [5, 5.41) is 0.837. The molecule has 0 spiro atoms. The predicted octanol–water partition coefficient (Wildman–Crippen LogP) is 2.29. The van der Waals surface area contributed by atoms with Crippen LogP contribution in [-0.4, -0.2) is 31.2 Å². The first-order chi connectivity index (χ1) is 6.88. The van der Waals surface area contributed by atoms with Crippen molar-refractivity contribution in [2.45, 2.75) is 11.9 Å². The van der Waals surface area contributed by atoms with Gasteiger partial charge in [0.25, 0.3) is 0 Å². The van der Waals surface area contributed by atoms with Gasteiger partial charge in [-0.25, -0.2) is 13.4 Å². The Morgan fingerprint density at radius 2 is 2.20 bits per heavy atom. The van der Waals surface area contributed by atoms with Crippen LogP contribution in [0.5, 0.6) is 0 Å². The van der Waals surface area contributed by atoms with Crippen molar-refractivity contribution in [3.8, 4) is 0 Å². The number of halogens is 1. The summed E-state index contributed by atoms with van der Waals surface area (Å²) in [5.74, 6) is 0.715. The van der Waals surface area contributed by atoms with E-state index in [2.05, 4.69) is 20.9 Å². The van der Waals surface area contributed by atoms with E-state index in [0.717, 1.165) is 15.1 Å². The Labute approximate surface area is 103 Å². The summed E-state index contributed by atoms with van der Waals surface area (Å²) in [6.07, 6.45) is 3.01. The van der Waals surface area contributed by atoms with Crippen LogP contribution in [0.15, 0.2) is 21.8 Å². The van der Waals surface area contributed by atoms with Gasteiger partial charge in [0, 0.05) is 18.2 Å². The minimum Gasteiger partial charge on any atom is -0.248 e. The Kier molecular flexibility index (Phi) is 4.61. The van der Waals surface area contributed by atoms with Crippen LogP contribution in [0.2, 0.25) is 0 Å². The van der Waals surface area contributed by atoms with Gasteiger partial charge in [-0.1, -0.05) is 0 Å². The molecule has 0 N–H and O–H groups in total. The van der Waals surface area contributed by atoms with Gasteiger partial charge in [0.05, 0.1) is 10.2 Å². The Morgan fingerprint density at radius 3 is 2.73 bits per heavy atom. The standard InChI is InChI=1S/C9H12BrNO2S2/c1-7-5-8(10)9(11-6-7)14-3-4-15(2,12)13/h5-6H,3-4H2,1-2H3. The molecule has 0 radical (unpaired) electrons. The molecular formula is C9H12BrNO2S2. The van der Waals surface area contributed by atoms with Gasteiger partial charge < -0.3 is 0 Å². The molecule has 0 unspecified atom stereocenters. The number of nitrogens with zero attached hydrogens (tertiary/aromatic N) is 1. The van der Waals surface area contributed by atoms with Crippen LogP contribution in [0.1, 0.15) is 5.56 Å². The van der Waals surface area contributed by atoms with Gasteiger partial charge in [-0.15, -0.1) is 11.8 Å². The summed E-state index contributed by atoms with van der Waals surface area (Å²) in [4.78, 5) is 4.22. The predicted molar refractivity (Wildman–Crippen MR) is 67.1 cm³/mol. The molecule has 1 aromatic heterocycles. The number of aryl methyl sites for hydroxylation is 1. The fourth-order valence-corrected chi connectivity index (χ4v) is 3.79. The van der Waals surface area contributed by atoms with Crippen LogP contribution in [-0.2, 0) is 9.84 Å². The van der Waals surface area contributed by atoms with E-state index >= 15 is 0 Å². The van der Waals surface area contributed by atoms with Crippen LogP contribution in [0.25, 0.3) is 0 Å². The third kappa shape index (κ3) is 4.99. The highest BCUT2D eigenvalue weighted by Crippen LogP contribution is 2.25. The molecule has 0 aromatic carbocycles. The first kappa shape index (κ1) is 13.0. The average molecular weight is 310 g/mol. The second-order valence-corrected chi connectivity index (χ2v) is 7.48. The molecular weight excluding hydrogens is 298 g/mol. The van der Waals surface area contributed by atoms with Crippen LogP contribution in [0.4, 0.5) is 0 Å². The molecule has 15 heavy (non-hydrogen) atoms. The normalized spacial score (nSPS) is 11.7. The smallest absolute Gasteiger partial charge is 0.148 e. The average Bonchev–Trinajstić information content (AvgIpc) is 2.07. The highest BCUT2D eigenvalue weighted by atomic mass is 79.9. The summed E-state index contributed by atoms with van der Waals surface area (Å²) in [6, 6.07) is 1.97. The highest BCUT2D eigenvalue weighted by molar-refractivity contribution is 9.10. The summed E-state index contributed by atoms with van der Waals surface area (Å²) < 4.78 is 22.7. The van der Waals surface area contributed by atoms with Gasteiger partial charge in [-0.05, 0) is 34.5 Å². The Hall–Kier alpha value is -0.0700. The van der Waals surface area contributed by atoms with E-state index in [4.69, 9.17) is 0 Å². The summed E-state index contributed by atoms with van der Waals surface area (Å²) in [6.45, 7) is 1.96. The lowest BCUT2D eigenvalue weighted by atomic mass is 10.3. The van der Waals surface area contributed by atoms with E-state index in [1.54, 1.807) is 6.20 Å². The van der Waals surface area contributed by atoms with Gasteiger partial charge in [-0.3, -0.25) is 0 Å². The van der Waals surface area contributed by atoms with Crippen LogP contribution in [0, 0.1) is 6.92 Å². The van der Waals surface area contributed by atoms with Crippen molar-refractivity contribution in [3.63, 3.8) is 0 Å². The number of sulfone groups is 1. The molecule has 0 aliphatic rings. The lowest BCUT2D eigenvalue weighted by Crippen LogP contribution is -2.05. The van der Waals surface area contributed by atoms with Crippen LogP contribution >= 0.6 is 27.7 Å². The minimum atomic E-state index is -2.88. The summed E-state index contributed by atoms with van der Waals surface area (Å²) in [5.41, 5.74) is 1.08. The molecule has 0 fully saturated rings. The first-order valence-electron chi connectivity index (χ1n) is 4.31. The third-order valence-electron chi connectivity index (χ3n) is 1.64. The minimum absolute atomic E-state index is 0.180. The summed E-state index contributed by atoms with van der Waals surface area (Å²) in [7, 11) is -2.88. The maximum atomic E-state index is 10.9. The zero-order valence-electron chi connectivity index (χ0n) is 8.53. The van der Waals surface area contributed by atoms with E-state index < -0.39 is 9.84 Å². The quantitative estimate of drug-likeness (QED) is 0.801. The number of pyridine rings is 1. The van der Waals surface area contributed by atoms with E-state index in [1.165, 1.54) is 18.0 Å². The maximum absolute atomic E-state index is 10.9.